The van der Waals surface area contributed by atoms with Gasteiger partial charge in [-0.3, -0.25) is 0 Å². The molecule has 12 heavy (non-hydrogen) atoms. The Hall–Kier alpha value is 0.567. The Morgan fingerprint density at radius 3 is 2.42 bits per heavy atom. The van der Waals surface area contributed by atoms with E-state index in [2.05, 4.69) is 18.7 Å². The average Bonchev–Trinajstić information content (AvgIpc) is 2.42. The van der Waals surface area contributed by atoms with Crippen molar-refractivity contribution in [2.45, 2.75) is 17.9 Å². The first-order valence-electron chi connectivity index (χ1n) is 3.88. The van der Waals surface area contributed by atoms with E-state index in [4.69, 9.17) is 33.2 Å². The quantitative estimate of drug-likeness (QED) is 0.370. The zero-order valence-electron chi connectivity index (χ0n) is 6.49. The van der Waals surface area contributed by atoms with Crippen LogP contribution in [0.2, 0.25) is 5.04 Å². The second kappa shape index (κ2) is 2.54. The van der Waals surface area contributed by atoms with Crippen LogP contribution in [0.15, 0.2) is 24.3 Å². The molecule has 0 N–H and O–H groups in total. The second-order valence-electron chi connectivity index (χ2n) is 3.66. The molecule has 0 heterocycles. The maximum atomic E-state index is 6.07. The lowest BCUT2D eigenvalue weighted by molar-refractivity contribution is 0.707. The van der Waals surface area contributed by atoms with Crippen molar-refractivity contribution >= 4 is 39.2 Å². The second-order valence-corrected chi connectivity index (χ2v) is 12.5. The Bertz CT molecular complexity index is 266. The van der Waals surface area contributed by atoms with Crippen LogP contribution in [-0.2, 0) is 0 Å². The molecule has 2 aliphatic rings. The average molecular weight is 240 g/mol. The molecule has 1 saturated carbocycles. The number of fused-ring (bicyclic) bond motifs is 2. The predicted molar refractivity (Wildman–Crippen MR) is 57.0 cm³/mol. The van der Waals surface area contributed by atoms with E-state index in [1.165, 1.54) is 5.57 Å². The van der Waals surface area contributed by atoms with E-state index in [9.17, 15) is 0 Å². The van der Waals surface area contributed by atoms with E-state index in [0.29, 0.717) is 5.92 Å². The van der Waals surface area contributed by atoms with E-state index >= 15 is 0 Å². The Balaban J connectivity index is 2.37. The minimum absolute atomic E-state index is 0.126. The van der Waals surface area contributed by atoms with Crippen molar-refractivity contribution in [3.63, 3.8) is 0 Å². The molecule has 0 amide bonds. The van der Waals surface area contributed by atoms with Gasteiger partial charge in [-0.05, 0) is 18.8 Å². The fourth-order valence-corrected chi connectivity index (χ4v) is 5.11. The molecule has 0 radical (unpaired) electrons. The Morgan fingerprint density at radius 2 is 2.17 bits per heavy atom. The maximum Gasteiger partial charge on any atom is 0.351 e. The molecule has 1 fully saturated rings. The first kappa shape index (κ1) is 9.13. The van der Waals surface area contributed by atoms with Crippen LogP contribution in [0.5, 0.6) is 0 Å². The summed E-state index contributed by atoms with van der Waals surface area (Å²) in [6.07, 6.45) is 6.11. The molecule has 2 rings (SSSR count). The van der Waals surface area contributed by atoms with Gasteiger partial charge in [-0.2, -0.15) is 0 Å². The van der Waals surface area contributed by atoms with Gasteiger partial charge >= 0.3 is 6.00 Å². The fraction of sp³-hybridized carbons (Fsp3) is 0.500. The highest BCUT2D eigenvalue weighted by molar-refractivity contribution is 7.66. The molecule has 0 aromatic heterocycles. The van der Waals surface area contributed by atoms with Crippen molar-refractivity contribution in [1.82, 2.24) is 0 Å². The summed E-state index contributed by atoms with van der Waals surface area (Å²) in [5.41, 5.74) is 1.23. The van der Waals surface area contributed by atoms with Crippen LogP contribution in [0, 0.1) is 5.92 Å². The first-order chi connectivity index (χ1) is 5.45. The summed E-state index contributed by atoms with van der Waals surface area (Å²) in [6.45, 7) is 3.99. The van der Waals surface area contributed by atoms with Crippen molar-refractivity contribution in [1.29, 1.82) is 0 Å². The van der Waals surface area contributed by atoms with Gasteiger partial charge in [0.05, 0.1) is 0 Å². The van der Waals surface area contributed by atoms with E-state index in [1.54, 1.807) is 0 Å². The molecule has 2 bridgehead atoms. The van der Waals surface area contributed by atoms with Crippen LogP contribution in [0.1, 0.15) is 12.8 Å². The molecule has 0 aliphatic heterocycles. The molecule has 66 valence electrons. The summed E-state index contributed by atoms with van der Waals surface area (Å²) in [5, 5.41) is -0.126. The molecule has 0 saturated heterocycles. The normalized spacial score (nSPS) is 39.6. The minimum atomic E-state index is -2.61. The van der Waals surface area contributed by atoms with Crippen LogP contribution in [0.3, 0.4) is 0 Å². The van der Waals surface area contributed by atoms with Crippen LogP contribution in [0.4, 0.5) is 0 Å². The summed E-state index contributed by atoms with van der Waals surface area (Å²) in [4.78, 5) is 0. The van der Waals surface area contributed by atoms with Gasteiger partial charge in [0.25, 0.3) is 0 Å². The zero-order chi connectivity index (χ0) is 8.98. The van der Waals surface area contributed by atoms with Gasteiger partial charge in [0.2, 0.25) is 0 Å². The summed E-state index contributed by atoms with van der Waals surface area (Å²) in [5.74, 6) is 0.480. The Kier molecular flexibility index (Phi) is 1.93. The van der Waals surface area contributed by atoms with Crippen LogP contribution < -0.4 is 0 Å². The lowest BCUT2D eigenvalue weighted by Crippen LogP contribution is -2.28. The SMILES string of the molecule is C=C1CC2([Si](Cl)(Cl)Cl)C=CC1C2. The summed E-state index contributed by atoms with van der Waals surface area (Å²) >= 11 is 18.2. The molecule has 2 unspecified atom stereocenters. The third kappa shape index (κ3) is 1.11. The minimum Gasteiger partial charge on any atom is -0.125 e. The smallest absolute Gasteiger partial charge is 0.125 e. The molecule has 2 atom stereocenters. The molecule has 0 aromatic carbocycles. The number of halogens is 3. The van der Waals surface area contributed by atoms with Crippen molar-refractivity contribution in [3.05, 3.63) is 24.3 Å². The van der Waals surface area contributed by atoms with Gasteiger partial charge in [0, 0.05) is 5.04 Å². The van der Waals surface area contributed by atoms with Crippen LogP contribution >= 0.6 is 33.2 Å². The van der Waals surface area contributed by atoms with Gasteiger partial charge in [0.1, 0.15) is 0 Å². The molecule has 2 aliphatic carbocycles. The highest BCUT2D eigenvalue weighted by Crippen LogP contribution is 2.65. The highest BCUT2D eigenvalue weighted by Gasteiger charge is 2.57. The van der Waals surface area contributed by atoms with Crippen molar-refractivity contribution in [2.24, 2.45) is 5.92 Å². The molecular formula is C8H9Cl3Si. The number of allylic oxidation sites excluding steroid dienone is 3. The topological polar surface area (TPSA) is 0 Å². The van der Waals surface area contributed by atoms with Crippen molar-refractivity contribution < 1.29 is 0 Å². The first-order valence-corrected chi connectivity index (χ1v) is 8.92. The monoisotopic (exact) mass is 238 g/mol. The van der Waals surface area contributed by atoms with Gasteiger partial charge in [-0.1, -0.05) is 24.3 Å². The largest absolute Gasteiger partial charge is 0.351 e. The van der Waals surface area contributed by atoms with Crippen LogP contribution in [-0.4, -0.2) is 6.00 Å². The van der Waals surface area contributed by atoms with Gasteiger partial charge in [0.15, 0.2) is 0 Å². The van der Waals surface area contributed by atoms with E-state index in [-0.39, 0.29) is 5.04 Å². The molecular weight excluding hydrogens is 231 g/mol. The van der Waals surface area contributed by atoms with Gasteiger partial charge in [-0.25, -0.2) is 0 Å². The molecule has 0 nitrogen and oxygen atoms in total. The van der Waals surface area contributed by atoms with E-state index < -0.39 is 6.00 Å². The Labute approximate surface area is 87.3 Å². The lowest BCUT2D eigenvalue weighted by atomic mass is 10.0. The number of hydrogen-bond donors (Lipinski definition) is 0. The van der Waals surface area contributed by atoms with E-state index in [0.717, 1.165) is 12.8 Å². The fourth-order valence-electron chi connectivity index (χ4n) is 2.09. The van der Waals surface area contributed by atoms with Crippen LogP contribution in [0.25, 0.3) is 0 Å². The molecule has 4 heteroatoms. The summed E-state index contributed by atoms with van der Waals surface area (Å²) in [7, 11) is 0. The summed E-state index contributed by atoms with van der Waals surface area (Å²) in [6, 6.07) is -2.61. The third-order valence-corrected chi connectivity index (χ3v) is 7.93. The van der Waals surface area contributed by atoms with E-state index in [1.807, 2.05) is 0 Å². The summed E-state index contributed by atoms with van der Waals surface area (Å²) < 4.78 is 0. The van der Waals surface area contributed by atoms with Gasteiger partial charge in [-0.15, -0.1) is 33.2 Å². The highest BCUT2D eigenvalue weighted by atomic mass is 35.8. The number of rotatable bonds is 1. The Morgan fingerprint density at radius 1 is 1.50 bits per heavy atom. The van der Waals surface area contributed by atoms with Gasteiger partial charge < -0.3 is 0 Å². The zero-order valence-corrected chi connectivity index (χ0v) is 9.76. The maximum absolute atomic E-state index is 6.07. The van der Waals surface area contributed by atoms with Crippen molar-refractivity contribution in [3.8, 4) is 0 Å². The third-order valence-electron chi connectivity index (χ3n) is 2.86. The lowest BCUT2D eigenvalue weighted by Gasteiger charge is -2.29. The predicted octanol–water partition coefficient (Wildman–Crippen LogP) is 3.92. The molecule has 0 spiro atoms. The standard InChI is InChI=1S/C8H9Cl3Si/c1-6-4-8(12(9,10)11)3-2-7(6)5-8/h2-3,7H,1,4-5H2. The van der Waals surface area contributed by atoms with Crippen molar-refractivity contribution in [2.75, 3.05) is 0 Å². The number of hydrogen-bond acceptors (Lipinski definition) is 0. The molecule has 0 aromatic rings.